The van der Waals surface area contributed by atoms with Crippen molar-refractivity contribution in [3.63, 3.8) is 0 Å². The van der Waals surface area contributed by atoms with Gasteiger partial charge in [0.1, 0.15) is 21.6 Å². The third-order valence-electron chi connectivity index (χ3n) is 2.59. The molecule has 0 amide bonds. The Balaban J connectivity index is 2.52. The first kappa shape index (κ1) is 14.6. The van der Waals surface area contributed by atoms with E-state index in [1.54, 1.807) is 13.0 Å². The van der Waals surface area contributed by atoms with Crippen molar-refractivity contribution in [2.75, 3.05) is 5.32 Å². The van der Waals surface area contributed by atoms with Crippen LogP contribution in [-0.4, -0.2) is 16.1 Å². The van der Waals surface area contributed by atoms with Crippen LogP contribution in [0.3, 0.4) is 0 Å². The van der Waals surface area contributed by atoms with Crippen molar-refractivity contribution in [1.82, 2.24) is 4.98 Å². The standard InChI is InChI=1S/C13H9Cl2FN2O2/c1-6-2-3-9(8(16)4-6)18-11-7(13(19)20)5-17-12(15)10(11)14/h2-5H,1H3,(H,17,18)(H,19,20). The van der Waals surface area contributed by atoms with Crippen molar-refractivity contribution in [3.8, 4) is 0 Å². The summed E-state index contributed by atoms with van der Waals surface area (Å²) in [5, 5.41) is 11.6. The Labute approximate surface area is 124 Å². The minimum atomic E-state index is -1.24. The van der Waals surface area contributed by atoms with Gasteiger partial charge in [0.05, 0.1) is 11.4 Å². The number of aromatic carboxylic acids is 1. The van der Waals surface area contributed by atoms with Crippen LogP contribution in [0.25, 0.3) is 0 Å². The molecule has 0 spiro atoms. The summed E-state index contributed by atoms with van der Waals surface area (Å²) in [6.45, 7) is 1.74. The highest BCUT2D eigenvalue weighted by atomic mass is 35.5. The lowest BCUT2D eigenvalue weighted by atomic mass is 10.2. The molecule has 104 valence electrons. The van der Waals surface area contributed by atoms with Crippen LogP contribution >= 0.6 is 23.2 Å². The molecule has 0 radical (unpaired) electrons. The van der Waals surface area contributed by atoms with Gasteiger partial charge in [-0.15, -0.1) is 0 Å². The number of hydrogen-bond donors (Lipinski definition) is 2. The van der Waals surface area contributed by atoms with Crippen LogP contribution in [0, 0.1) is 12.7 Å². The third kappa shape index (κ3) is 2.84. The predicted octanol–water partition coefficient (Wildman–Crippen LogP) is 4.28. The second kappa shape index (κ2) is 5.64. The molecule has 0 unspecified atom stereocenters. The molecule has 0 atom stereocenters. The van der Waals surface area contributed by atoms with Gasteiger partial charge in [-0.1, -0.05) is 29.3 Å². The van der Waals surface area contributed by atoms with Crippen LogP contribution < -0.4 is 5.32 Å². The molecule has 1 aromatic carbocycles. The van der Waals surface area contributed by atoms with Crippen molar-refractivity contribution in [1.29, 1.82) is 0 Å². The number of benzene rings is 1. The minimum Gasteiger partial charge on any atom is -0.478 e. The number of carbonyl (C=O) groups is 1. The summed E-state index contributed by atoms with van der Waals surface area (Å²) >= 11 is 11.7. The number of pyridine rings is 1. The Bertz CT molecular complexity index is 692. The summed E-state index contributed by atoms with van der Waals surface area (Å²) < 4.78 is 13.8. The molecular formula is C13H9Cl2FN2O2. The number of nitrogens with one attached hydrogen (secondary N) is 1. The van der Waals surface area contributed by atoms with Crippen molar-refractivity contribution in [2.45, 2.75) is 6.92 Å². The molecule has 0 saturated carbocycles. The van der Waals surface area contributed by atoms with Gasteiger partial charge in [0.2, 0.25) is 0 Å². The first-order valence-electron chi connectivity index (χ1n) is 5.50. The number of rotatable bonds is 3. The van der Waals surface area contributed by atoms with E-state index in [0.717, 1.165) is 11.8 Å². The van der Waals surface area contributed by atoms with Crippen molar-refractivity contribution in [3.05, 3.63) is 51.5 Å². The van der Waals surface area contributed by atoms with E-state index in [2.05, 4.69) is 10.3 Å². The lowest BCUT2D eigenvalue weighted by Crippen LogP contribution is -2.06. The van der Waals surface area contributed by atoms with Crippen LogP contribution in [0.4, 0.5) is 15.8 Å². The summed E-state index contributed by atoms with van der Waals surface area (Å²) in [6, 6.07) is 4.49. The molecule has 0 aliphatic rings. The van der Waals surface area contributed by atoms with E-state index in [0.29, 0.717) is 0 Å². The zero-order valence-corrected chi connectivity index (χ0v) is 11.8. The van der Waals surface area contributed by atoms with Crippen LogP contribution in [0.1, 0.15) is 15.9 Å². The fourth-order valence-electron chi connectivity index (χ4n) is 1.60. The number of aromatic nitrogens is 1. The summed E-state index contributed by atoms with van der Waals surface area (Å²) in [6.07, 6.45) is 1.06. The Kier molecular flexibility index (Phi) is 4.11. The zero-order valence-electron chi connectivity index (χ0n) is 10.2. The molecule has 0 fully saturated rings. The quantitative estimate of drug-likeness (QED) is 0.830. The van der Waals surface area contributed by atoms with Crippen molar-refractivity contribution < 1.29 is 14.3 Å². The van der Waals surface area contributed by atoms with Gasteiger partial charge in [0.25, 0.3) is 0 Å². The summed E-state index contributed by atoms with van der Waals surface area (Å²) in [5.41, 5.74) is 0.647. The average Bonchev–Trinajstić information content (AvgIpc) is 2.37. The van der Waals surface area contributed by atoms with Gasteiger partial charge in [-0.05, 0) is 24.6 Å². The number of halogens is 3. The lowest BCUT2D eigenvalue weighted by molar-refractivity contribution is 0.0697. The average molecular weight is 315 g/mol. The molecule has 2 N–H and O–H groups in total. The van der Waals surface area contributed by atoms with Crippen LogP contribution in [-0.2, 0) is 0 Å². The molecule has 0 saturated heterocycles. The fraction of sp³-hybridized carbons (Fsp3) is 0.0769. The first-order chi connectivity index (χ1) is 9.40. The van der Waals surface area contributed by atoms with Gasteiger partial charge >= 0.3 is 5.97 Å². The van der Waals surface area contributed by atoms with Gasteiger partial charge in [0.15, 0.2) is 0 Å². The van der Waals surface area contributed by atoms with Gasteiger partial charge in [0, 0.05) is 6.20 Å². The van der Waals surface area contributed by atoms with E-state index >= 15 is 0 Å². The SMILES string of the molecule is Cc1ccc(Nc2c(C(=O)O)cnc(Cl)c2Cl)c(F)c1. The maximum Gasteiger partial charge on any atom is 0.339 e. The molecule has 1 aromatic heterocycles. The van der Waals surface area contributed by atoms with E-state index in [1.807, 2.05) is 0 Å². The Morgan fingerprint density at radius 2 is 2.10 bits per heavy atom. The number of carboxylic acids is 1. The second-order valence-electron chi connectivity index (χ2n) is 4.07. The summed E-state index contributed by atoms with van der Waals surface area (Å²) in [7, 11) is 0. The topological polar surface area (TPSA) is 62.2 Å². The normalized spacial score (nSPS) is 10.4. The number of hydrogen-bond acceptors (Lipinski definition) is 3. The van der Waals surface area contributed by atoms with Gasteiger partial charge < -0.3 is 10.4 Å². The van der Waals surface area contributed by atoms with Crippen molar-refractivity contribution >= 4 is 40.5 Å². The molecule has 4 nitrogen and oxygen atoms in total. The minimum absolute atomic E-state index is 0.00178. The molecule has 2 rings (SSSR count). The van der Waals surface area contributed by atoms with E-state index in [9.17, 15) is 9.18 Å². The summed E-state index contributed by atoms with van der Waals surface area (Å²) in [4.78, 5) is 14.8. The van der Waals surface area contributed by atoms with Gasteiger partial charge in [-0.25, -0.2) is 14.2 Å². The largest absolute Gasteiger partial charge is 0.478 e. The zero-order chi connectivity index (χ0) is 14.9. The molecule has 0 aliphatic carbocycles. The van der Waals surface area contributed by atoms with Crippen molar-refractivity contribution in [2.24, 2.45) is 0 Å². The summed E-state index contributed by atoms with van der Waals surface area (Å²) in [5.74, 6) is -1.77. The molecule has 2 aromatic rings. The molecular weight excluding hydrogens is 306 g/mol. The Morgan fingerprint density at radius 3 is 2.70 bits per heavy atom. The van der Waals surface area contributed by atoms with E-state index < -0.39 is 11.8 Å². The molecule has 7 heteroatoms. The first-order valence-corrected chi connectivity index (χ1v) is 6.26. The monoisotopic (exact) mass is 314 g/mol. The number of aryl methyl sites for hydroxylation is 1. The third-order valence-corrected chi connectivity index (χ3v) is 3.34. The molecule has 0 aliphatic heterocycles. The number of nitrogens with zero attached hydrogens (tertiary/aromatic N) is 1. The Hall–Kier alpha value is -1.85. The van der Waals surface area contributed by atoms with E-state index in [-0.39, 0.29) is 27.1 Å². The fourth-order valence-corrected chi connectivity index (χ4v) is 1.95. The highest BCUT2D eigenvalue weighted by Crippen LogP contribution is 2.34. The maximum absolute atomic E-state index is 13.8. The molecule has 1 heterocycles. The highest BCUT2D eigenvalue weighted by Gasteiger charge is 2.18. The number of anilines is 2. The van der Waals surface area contributed by atoms with Crippen LogP contribution in [0.5, 0.6) is 0 Å². The molecule has 20 heavy (non-hydrogen) atoms. The second-order valence-corrected chi connectivity index (χ2v) is 4.80. The number of carboxylic acid groups (broad SMARTS) is 1. The van der Waals surface area contributed by atoms with Gasteiger partial charge in [-0.2, -0.15) is 0 Å². The Morgan fingerprint density at radius 1 is 1.40 bits per heavy atom. The molecule has 0 bridgehead atoms. The van der Waals surface area contributed by atoms with E-state index in [1.165, 1.54) is 12.1 Å². The maximum atomic E-state index is 13.8. The smallest absolute Gasteiger partial charge is 0.339 e. The highest BCUT2D eigenvalue weighted by molar-refractivity contribution is 6.43. The van der Waals surface area contributed by atoms with Gasteiger partial charge in [-0.3, -0.25) is 0 Å². The van der Waals surface area contributed by atoms with E-state index in [4.69, 9.17) is 28.3 Å². The van der Waals surface area contributed by atoms with Crippen LogP contribution in [0.2, 0.25) is 10.2 Å². The lowest BCUT2D eigenvalue weighted by Gasteiger charge is -2.13. The predicted molar refractivity (Wildman–Crippen MR) is 75.6 cm³/mol. The van der Waals surface area contributed by atoms with Crippen LogP contribution in [0.15, 0.2) is 24.4 Å².